The van der Waals surface area contributed by atoms with E-state index in [1.165, 1.54) is 38.5 Å². The van der Waals surface area contributed by atoms with Crippen LogP contribution in [0.3, 0.4) is 0 Å². The van der Waals surface area contributed by atoms with E-state index in [4.69, 9.17) is 0 Å². The molecule has 0 aromatic heterocycles. The minimum atomic E-state index is 0.237. The summed E-state index contributed by atoms with van der Waals surface area (Å²) in [5.41, 5.74) is 0. The second-order valence-corrected chi connectivity index (χ2v) is 5.81. The Morgan fingerprint density at radius 1 is 1.00 bits per heavy atom. The Hall–Kier alpha value is -1.06. The first kappa shape index (κ1) is 17.0. The van der Waals surface area contributed by atoms with E-state index in [0.29, 0.717) is 6.04 Å². The number of unbranched alkanes of at least 4 members (excludes halogenated alkanes) is 1. The second kappa shape index (κ2) is 10.7. The van der Waals surface area contributed by atoms with Gasteiger partial charge in [-0.2, -0.15) is 0 Å². The molecular weight excluding hydrogens is 252 g/mol. The predicted octanol–water partition coefficient (Wildman–Crippen LogP) is 2.91. The predicted molar refractivity (Wildman–Crippen MR) is 81.4 cm³/mol. The molecule has 2 amide bonds. The van der Waals surface area contributed by atoms with Crippen LogP contribution in [0.4, 0.5) is 0 Å². The largest absolute Gasteiger partial charge is 0.356 e. The van der Waals surface area contributed by atoms with E-state index in [2.05, 4.69) is 17.6 Å². The molecule has 0 bridgehead atoms. The van der Waals surface area contributed by atoms with E-state index in [1.807, 2.05) is 0 Å². The first-order valence-corrected chi connectivity index (χ1v) is 8.28. The molecule has 2 saturated heterocycles. The van der Waals surface area contributed by atoms with Crippen molar-refractivity contribution in [2.24, 2.45) is 0 Å². The monoisotopic (exact) mass is 282 g/mol. The molecule has 0 aromatic carbocycles. The van der Waals surface area contributed by atoms with Gasteiger partial charge in [-0.1, -0.05) is 39.0 Å². The topological polar surface area (TPSA) is 58.2 Å². The van der Waals surface area contributed by atoms with Crippen LogP contribution in [-0.4, -0.2) is 24.4 Å². The molecule has 1 unspecified atom stereocenters. The number of nitrogens with one attached hydrogen (secondary N) is 2. The van der Waals surface area contributed by atoms with Crippen molar-refractivity contribution >= 4 is 11.8 Å². The van der Waals surface area contributed by atoms with Gasteiger partial charge in [0.2, 0.25) is 11.8 Å². The van der Waals surface area contributed by atoms with Gasteiger partial charge in [-0.3, -0.25) is 9.59 Å². The smallest absolute Gasteiger partial charge is 0.220 e. The third kappa shape index (κ3) is 8.18. The molecule has 2 N–H and O–H groups in total. The Labute approximate surface area is 123 Å². The summed E-state index contributed by atoms with van der Waals surface area (Å²) in [6, 6.07) is 0.493. The molecule has 0 aromatic rings. The van der Waals surface area contributed by atoms with E-state index in [-0.39, 0.29) is 11.8 Å². The quantitative estimate of drug-likeness (QED) is 0.836. The maximum Gasteiger partial charge on any atom is 0.220 e. The van der Waals surface area contributed by atoms with Crippen LogP contribution in [0, 0.1) is 0 Å². The van der Waals surface area contributed by atoms with Crippen molar-refractivity contribution in [3.05, 3.63) is 0 Å². The summed E-state index contributed by atoms with van der Waals surface area (Å²) >= 11 is 0. The molecule has 2 aliphatic rings. The lowest BCUT2D eigenvalue weighted by Crippen LogP contribution is -2.24. The Morgan fingerprint density at radius 3 is 2.45 bits per heavy atom. The zero-order valence-corrected chi connectivity index (χ0v) is 12.9. The van der Waals surface area contributed by atoms with Crippen molar-refractivity contribution in [3.63, 3.8) is 0 Å². The summed E-state index contributed by atoms with van der Waals surface area (Å²) in [6.07, 6.45) is 12.2. The van der Waals surface area contributed by atoms with Crippen LogP contribution in [-0.2, 0) is 9.59 Å². The molecule has 0 spiro atoms. The van der Waals surface area contributed by atoms with Gasteiger partial charge < -0.3 is 10.6 Å². The summed E-state index contributed by atoms with van der Waals surface area (Å²) in [7, 11) is 0. The van der Waals surface area contributed by atoms with Crippen molar-refractivity contribution in [1.82, 2.24) is 10.6 Å². The Morgan fingerprint density at radius 2 is 1.75 bits per heavy atom. The Kier molecular flexibility index (Phi) is 9.09. The van der Waals surface area contributed by atoms with Gasteiger partial charge in [0.05, 0.1) is 0 Å². The number of amides is 2. The fourth-order valence-corrected chi connectivity index (χ4v) is 2.60. The summed E-state index contributed by atoms with van der Waals surface area (Å²) in [4.78, 5) is 21.6. The highest BCUT2D eigenvalue weighted by molar-refractivity contribution is 5.78. The first-order chi connectivity index (χ1) is 9.72. The number of hydrogen-bond donors (Lipinski definition) is 2. The van der Waals surface area contributed by atoms with E-state index < -0.39 is 0 Å². The van der Waals surface area contributed by atoms with Crippen LogP contribution in [0.25, 0.3) is 0 Å². The van der Waals surface area contributed by atoms with Gasteiger partial charge in [-0.15, -0.1) is 0 Å². The summed E-state index contributed by atoms with van der Waals surface area (Å²) in [5, 5.41) is 5.84. The van der Waals surface area contributed by atoms with Gasteiger partial charge in [0, 0.05) is 25.4 Å². The minimum Gasteiger partial charge on any atom is -0.356 e. The molecule has 2 fully saturated rings. The van der Waals surface area contributed by atoms with Crippen molar-refractivity contribution in [3.8, 4) is 0 Å². The number of carbonyl (C=O) groups is 2. The van der Waals surface area contributed by atoms with E-state index in [0.717, 1.165) is 38.6 Å². The molecular formula is C16H30N2O2. The average Bonchev–Trinajstić information content (AvgIpc) is 2.89. The van der Waals surface area contributed by atoms with Crippen LogP contribution in [0.5, 0.6) is 0 Å². The van der Waals surface area contributed by atoms with Crippen molar-refractivity contribution < 1.29 is 9.59 Å². The van der Waals surface area contributed by atoms with E-state index in [9.17, 15) is 9.59 Å². The maximum absolute atomic E-state index is 10.9. The van der Waals surface area contributed by atoms with Crippen molar-refractivity contribution in [2.75, 3.05) is 6.54 Å². The van der Waals surface area contributed by atoms with Gasteiger partial charge in [0.15, 0.2) is 0 Å². The maximum atomic E-state index is 10.9. The first-order valence-electron chi connectivity index (χ1n) is 8.28. The molecule has 4 nitrogen and oxygen atoms in total. The van der Waals surface area contributed by atoms with Gasteiger partial charge in [0.1, 0.15) is 0 Å². The van der Waals surface area contributed by atoms with Crippen LogP contribution in [0.1, 0.15) is 77.6 Å². The Bertz CT molecular complexity index is 280. The highest BCUT2D eigenvalue weighted by atomic mass is 16.2. The molecule has 0 saturated carbocycles. The van der Waals surface area contributed by atoms with Crippen LogP contribution >= 0.6 is 0 Å². The van der Waals surface area contributed by atoms with E-state index in [1.54, 1.807) is 0 Å². The number of rotatable bonds is 3. The summed E-state index contributed by atoms with van der Waals surface area (Å²) < 4.78 is 0. The summed E-state index contributed by atoms with van der Waals surface area (Å²) in [6.45, 7) is 3.07. The highest BCUT2D eigenvalue weighted by Crippen LogP contribution is 2.12. The van der Waals surface area contributed by atoms with Gasteiger partial charge in [-0.05, 0) is 25.7 Å². The molecule has 1 atom stereocenters. The van der Waals surface area contributed by atoms with Gasteiger partial charge in [0.25, 0.3) is 0 Å². The van der Waals surface area contributed by atoms with Crippen LogP contribution in [0.15, 0.2) is 0 Å². The Balaban J connectivity index is 0.000000200. The van der Waals surface area contributed by atoms with Crippen molar-refractivity contribution in [2.45, 2.75) is 83.6 Å². The molecule has 20 heavy (non-hydrogen) atoms. The standard InChI is InChI=1S/2C8H15NO/c1-2-3-4-7-5-6-8(10)9-7;10-8-6-4-2-1-3-5-7-9-8/h7H,2-6H2,1H3,(H,9,10);1-7H2,(H,9,10). The lowest BCUT2D eigenvalue weighted by molar-refractivity contribution is -0.121. The normalized spacial score (nSPS) is 23.6. The second-order valence-electron chi connectivity index (χ2n) is 5.81. The number of carbonyl (C=O) groups excluding carboxylic acids is 2. The molecule has 2 heterocycles. The van der Waals surface area contributed by atoms with Crippen LogP contribution < -0.4 is 10.6 Å². The molecule has 116 valence electrons. The molecule has 4 heteroatoms. The zero-order chi connectivity index (χ0) is 14.6. The lowest BCUT2D eigenvalue weighted by atomic mass is 10.1. The highest BCUT2D eigenvalue weighted by Gasteiger charge is 2.19. The van der Waals surface area contributed by atoms with Crippen LogP contribution in [0.2, 0.25) is 0 Å². The van der Waals surface area contributed by atoms with Crippen molar-refractivity contribution in [1.29, 1.82) is 0 Å². The molecule has 0 radical (unpaired) electrons. The van der Waals surface area contributed by atoms with Gasteiger partial charge >= 0.3 is 0 Å². The minimum absolute atomic E-state index is 0.237. The number of hydrogen-bond acceptors (Lipinski definition) is 2. The van der Waals surface area contributed by atoms with E-state index >= 15 is 0 Å². The summed E-state index contributed by atoms with van der Waals surface area (Å²) in [5.74, 6) is 0.475. The third-order valence-corrected chi connectivity index (χ3v) is 3.89. The third-order valence-electron chi connectivity index (χ3n) is 3.89. The molecule has 2 rings (SSSR count). The average molecular weight is 282 g/mol. The molecule has 0 aliphatic carbocycles. The SMILES string of the molecule is CCCCC1CCC(=O)N1.O=C1CCCCCCCN1. The van der Waals surface area contributed by atoms with Gasteiger partial charge in [-0.25, -0.2) is 0 Å². The lowest BCUT2D eigenvalue weighted by Gasteiger charge is -2.06. The fourth-order valence-electron chi connectivity index (χ4n) is 2.60. The molecule has 2 aliphatic heterocycles. The fraction of sp³-hybridized carbons (Fsp3) is 0.875. The zero-order valence-electron chi connectivity index (χ0n) is 12.9.